The monoisotopic (exact) mass is 273 g/mol. The molecule has 0 saturated heterocycles. The third-order valence-electron chi connectivity index (χ3n) is 2.50. The van der Waals surface area contributed by atoms with Crippen molar-refractivity contribution in [1.82, 2.24) is 9.29 Å². The summed E-state index contributed by atoms with van der Waals surface area (Å²) in [4.78, 5) is 4.11. The molecule has 102 valence electrons. The fourth-order valence-corrected chi connectivity index (χ4v) is 3.14. The van der Waals surface area contributed by atoms with Gasteiger partial charge < -0.3 is 10.4 Å². The zero-order valence-corrected chi connectivity index (χ0v) is 11.6. The van der Waals surface area contributed by atoms with Gasteiger partial charge in [-0.05, 0) is 26.0 Å². The molecule has 1 heterocycles. The summed E-state index contributed by atoms with van der Waals surface area (Å²) in [6.07, 6.45) is 1.31. The maximum absolute atomic E-state index is 12.3. The molecule has 0 fully saturated rings. The summed E-state index contributed by atoms with van der Waals surface area (Å²) in [5, 5.41) is 11.8. The number of pyridine rings is 1. The number of rotatable bonds is 6. The number of aliphatic hydroxyl groups excluding tert-OH is 1. The minimum Gasteiger partial charge on any atom is -0.395 e. The van der Waals surface area contributed by atoms with Crippen molar-refractivity contribution in [1.29, 1.82) is 0 Å². The molecule has 0 aliphatic rings. The summed E-state index contributed by atoms with van der Waals surface area (Å²) in [5.41, 5.74) is 0. The van der Waals surface area contributed by atoms with E-state index in [1.807, 2.05) is 0 Å². The van der Waals surface area contributed by atoms with Crippen molar-refractivity contribution in [3.05, 3.63) is 18.3 Å². The van der Waals surface area contributed by atoms with Crippen LogP contribution in [0, 0.1) is 0 Å². The third-order valence-corrected chi connectivity index (χ3v) is 4.55. The number of hydrogen-bond acceptors (Lipinski definition) is 5. The molecule has 1 rings (SSSR count). The predicted molar refractivity (Wildman–Crippen MR) is 69.9 cm³/mol. The average molecular weight is 273 g/mol. The Labute approximate surface area is 108 Å². The largest absolute Gasteiger partial charge is 0.395 e. The first-order valence-electron chi connectivity index (χ1n) is 5.70. The number of aromatic nitrogens is 1. The molecular formula is C11H19N3O3S. The number of nitrogens with one attached hydrogen (secondary N) is 1. The normalized spacial score (nSPS) is 12.1. The van der Waals surface area contributed by atoms with Gasteiger partial charge in [-0.2, -0.15) is 4.31 Å². The molecule has 0 atom stereocenters. The second-order valence-electron chi connectivity index (χ2n) is 4.06. The summed E-state index contributed by atoms with van der Waals surface area (Å²) in [6, 6.07) is 2.89. The highest BCUT2D eigenvalue weighted by molar-refractivity contribution is 7.89. The van der Waals surface area contributed by atoms with E-state index < -0.39 is 10.0 Å². The lowest BCUT2D eigenvalue weighted by atomic mass is 10.4. The maximum Gasteiger partial charge on any atom is 0.244 e. The molecule has 0 saturated carbocycles. The van der Waals surface area contributed by atoms with Crippen molar-refractivity contribution < 1.29 is 13.5 Å². The molecule has 2 N–H and O–H groups in total. The van der Waals surface area contributed by atoms with Gasteiger partial charge in [0.2, 0.25) is 10.0 Å². The summed E-state index contributed by atoms with van der Waals surface area (Å²) < 4.78 is 25.9. The van der Waals surface area contributed by atoms with Crippen LogP contribution in [0.5, 0.6) is 0 Å². The van der Waals surface area contributed by atoms with Crippen LogP contribution in [0.25, 0.3) is 0 Å². The Morgan fingerprint density at radius 3 is 2.50 bits per heavy atom. The van der Waals surface area contributed by atoms with Gasteiger partial charge in [0.1, 0.15) is 10.7 Å². The highest BCUT2D eigenvalue weighted by Crippen LogP contribution is 2.18. The number of hydrogen-bond donors (Lipinski definition) is 2. The van der Waals surface area contributed by atoms with Crippen LogP contribution in [0.15, 0.2) is 23.2 Å². The molecule has 0 unspecified atom stereocenters. The zero-order chi connectivity index (χ0) is 13.8. The molecule has 0 bridgehead atoms. The minimum atomic E-state index is -3.60. The molecular weight excluding hydrogens is 254 g/mol. The fourth-order valence-electron chi connectivity index (χ4n) is 1.57. The van der Waals surface area contributed by atoms with Crippen LogP contribution in [0.1, 0.15) is 13.8 Å². The highest BCUT2D eigenvalue weighted by atomic mass is 32.2. The first-order valence-corrected chi connectivity index (χ1v) is 7.14. The van der Waals surface area contributed by atoms with Gasteiger partial charge in [-0.15, -0.1) is 0 Å². The Balaban J connectivity index is 3.09. The van der Waals surface area contributed by atoms with E-state index >= 15 is 0 Å². The van der Waals surface area contributed by atoms with E-state index in [1.165, 1.54) is 16.6 Å². The number of nitrogens with zero attached hydrogens (tertiary/aromatic N) is 2. The average Bonchev–Trinajstić information content (AvgIpc) is 2.35. The predicted octanol–water partition coefficient (Wildman–Crippen LogP) is 0.515. The Morgan fingerprint density at radius 2 is 2.11 bits per heavy atom. The van der Waals surface area contributed by atoms with Crippen molar-refractivity contribution in [2.45, 2.75) is 24.8 Å². The van der Waals surface area contributed by atoms with Gasteiger partial charge in [0.05, 0.1) is 6.61 Å². The van der Waals surface area contributed by atoms with E-state index in [1.54, 1.807) is 27.0 Å². The fraction of sp³-hybridized carbons (Fsp3) is 0.545. The molecule has 0 spiro atoms. The second-order valence-corrected chi connectivity index (χ2v) is 5.95. The standard InChI is InChI=1S/C11H19N3O3S/c1-9(2)14(6-7-15)18(16,17)10-4-5-11(12-3)13-8-10/h4-5,8-9,15H,6-7H2,1-3H3,(H,12,13). The van der Waals surface area contributed by atoms with Gasteiger partial charge in [-0.25, -0.2) is 13.4 Å². The van der Waals surface area contributed by atoms with E-state index in [-0.39, 0.29) is 24.1 Å². The molecule has 1 aromatic heterocycles. The number of anilines is 1. The Bertz CT molecular complexity index is 471. The molecule has 0 aromatic carbocycles. The van der Waals surface area contributed by atoms with Gasteiger partial charge in [-0.1, -0.05) is 0 Å². The van der Waals surface area contributed by atoms with E-state index in [4.69, 9.17) is 5.11 Å². The van der Waals surface area contributed by atoms with Crippen LogP contribution < -0.4 is 5.32 Å². The van der Waals surface area contributed by atoms with Gasteiger partial charge >= 0.3 is 0 Å². The van der Waals surface area contributed by atoms with Crippen molar-refractivity contribution in [2.75, 3.05) is 25.5 Å². The quantitative estimate of drug-likeness (QED) is 0.789. The van der Waals surface area contributed by atoms with Gasteiger partial charge in [-0.3, -0.25) is 0 Å². The minimum absolute atomic E-state index is 0.0772. The van der Waals surface area contributed by atoms with Crippen molar-refractivity contribution >= 4 is 15.8 Å². The topological polar surface area (TPSA) is 82.5 Å². The Kier molecular flexibility index (Phi) is 5.06. The van der Waals surface area contributed by atoms with Gasteiger partial charge in [0.15, 0.2) is 0 Å². The summed E-state index contributed by atoms with van der Waals surface area (Å²) in [7, 11) is -1.89. The van der Waals surface area contributed by atoms with Crippen LogP contribution in [-0.2, 0) is 10.0 Å². The highest BCUT2D eigenvalue weighted by Gasteiger charge is 2.26. The Hall–Kier alpha value is -1.18. The molecule has 6 nitrogen and oxygen atoms in total. The molecule has 0 radical (unpaired) electrons. The SMILES string of the molecule is CNc1ccc(S(=O)(=O)N(CCO)C(C)C)cn1. The van der Waals surface area contributed by atoms with E-state index in [0.717, 1.165) is 0 Å². The van der Waals surface area contributed by atoms with E-state index in [0.29, 0.717) is 5.82 Å². The molecule has 0 aliphatic heterocycles. The van der Waals surface area contributed by atoms with Crippen molar-refractivity contribution in [3.63, 3.8) is 0 Å². The Morgan fingerprint density at radius 1 is 1.44 bits per heavy atom. The van der Waals surface area contributed by atoms with E-state index in [9.17, 15) is 8.42 Å². The van der Waals surface area contributed by atoms with Crippen LogP contribution in [0.2, 0.25) is 0 Å². The number of sulfonamides is 1. The third kappa shape index (κ3) is 3.18. The number of aliphatic hydroxyl groups is 1. The van der Waals surface area contributed by atoms with Crippen LogP contribution >= 0.6 is 0 Å². The summed E-state index contributed by atoms with van der Waals surface area (Å²) in [6.45, 7) is 3.40. The first-order chi connectivity index (χ1) is 8.43. The molecule has 18 heavy (non-hydrogen) atoms. The lowest BCUT2D eigenvalue weighted by Crippen LogP contribution is -2.38. The van der Waals surface area contributed by atoms with E-state index in [2.05, 4.69) is 10.3 Å². The summed E-state index contributed by atoms with van der Waals surface area (Å²) >= 11 is 0. The lowest BCUT2D eigenvalue weighted by molar-refractivity contribution is 0.236. The van der Waals surface area contributed by atoms with Gasteiger partial charge in [0, 0.05) is 25.8 Å². The molecule has 0 amide bonds. The smallest absolute Gasteiger partial charge is 0.244 e. The van der Waals surface area contributed by atoms with Crippen LogP contribution in [-0.4, -0.2) is 49.1 Å². The lowest BCUT2D eigenvalue weighted by Gasteiger charge is -2.24. The van der Waals surface area contributed by atoms with Gasteiger partial charge in [0.25, 0.3) is 0 Å². The first kappa shape index (κ1) is 14.9. The molecule has 0 aliphatic carbocycles. The second kappa shape index (κ2) is 6.12. The van der Waals surface area contributed by atoms with Crippen LogP contribution in [0.4, 0.5) is 5.82 Å². The molecule has 1 aromatic rings. The molecule has 7 heteroatoms. The zero-order valence-electron chi connectivity index (χ0n) is 10.8. The summed E-state index contributed by atoms with van der Waals surface area (Å²) in [5.74, 6) is 0.604. The van der Waals surface area contributed by atoms with Crippen LogP contribution in [0.3, 0.4) is 0 Å². The maximum atomic E-state index is 12.3. The van der Waals surface area contributed by atoms with Crippen molar-refractivity contribution in [3.8, 4) is 0 Å². The van der Waals surface area contributed by atoms with Crippen molar-refractivity contribution in [2.24, 2.45) is 0 Å².